The molecule has 0 aliphatic rings. The third-order valence-corrected chi connectivity index (χ3v) is 2.06. The first-order valence-corrected chi connectivity index (χ1v) is 4.98. The fraction of sp³-hybridized carbons (Fsp3) is 0.900. The van der Waals surface area contributed by atoms with Crippen molar-refractivity contribution in [3.05, 3.63) is 0 Å². The van der Waals surface area contributed by atoms with Crippen molar-refractivity contribution in [1.29, 1.82) is 0 Å². The molecule has 0 fully saturated rings. The van der Waals surface area contributed by atoms with E-state index in [0.29, 0.717) is 13.0 Å². The van der Waals surface area contributed by atoms with E-state index in [4.69, 9.17) is 5.73 Å². The van der Waals surface area contributed by atoms with Crippen LogP contribution in [0.25, 0.3) is 0 Å². The topological polar surface area (TPSA) is 55.1 Å². The highest BCUT2D eigenvalue weighted by molar-refractivity contribution is 5.75. The molecule has 0 radical (unpaired) electrons. The minimum atomic E-state index is 0.123. The van der Waals surface area contributed by atoms with Crippen LogP contribution in [-0.4, -0.2) is 19.0 Å². The molecule has 0 aromatic carbocycles. The summed E-state index contributed by atoms with van der Waals surface area (Å²) in [7, 11) is 0. The minimum absolute atomic E-state index is 0.123. The molecule has 1 amide bonds. The van der Waals surface area contributed by atoms with Crippen molar-refractivity contribution in [2.45, 2.75) is 40.0 Å². The summed E-state index contributed by atoms with van der Waals surface area (Å²) in [5, 5.41) is 2.91. The number of hydrogen-bond donors (Lipinski definition) is 2. The molecule has 78 valence electrons. The third kappa shape index (κ3) is 6.58. The van der Waals surface area contributed by atoms with E-state index in [1.54, 1.807) is 0 Å². The summed E-state index contributed by atoms with van der Waals surface area (Å²) in [6.45, 7) is 7.64. The lowest BCUT2D eigenvalue weighted by Gasteiger charge is -2.24. The Balaban J connectivity index is 3.67. The maximum Gasteiger partial charge on any atom is 0.220 e. The highest BCUT2D eigenvalue weighted by Crippen LogP contribution is 2.17. The van der Waals surface area contributed by atoms with Gasteiger partial charge >= 0.3 is 0 Å². The van der Waals surface area contributed by atoms with Crippen molar-refractivity contribution in [3.8, 4) is 0 Å². The predicted octanol–water partition coefficient (Wildman–Crippen LogP) is 1.28. The molecule has 0 bridgehead atoms. The van der Waals surface area contributed by atoms with Gasteiger partial charge in [0.1, 0.15) is 0 Å². The monoisotopic (exact) mass is 186 g/mol. The van der Waals surface area contributed by atoms with E-state index in [-0.39, 0.29) is 11.3 Å². The molecule has 3 N–H and O–H groups in total. The van der Waals surface area contributed by atoms with Crippen molar-refractivity contribution in [3.63, 3.8) is 0 Å². The number of amides is 1. The van der Waals surface area contributed by atoms with Crippen molar-refractivity contribution < 1.29 is 4.79 Å². The van der Waals surface area contributed by atoms with Crippen LogP contribution in [-0.2, 0) is 4.79 Å². The Kier molecular flexibility index (Phi) is 5.71. The Hall–Kier alpha value is -0.570. The van der Waals surface area contributed by atoms with Gasteiger partial charge in [-0.2, -0.15) is 0 Å². The Morgan fingerprint density at radius 3 is 2.54 bits per heavy atom. The van der Waals surface area contributed by atoms with E-state index in [9.17, 15) is 4.79 Å². The summed E-state index contributed by atoms with van der Waals surface area (Å²) in [4.78, 5) is 11.2. The van der Waals surface area contributed by atoms with Crippen molar-refractivity contribution in [1.82, 2.24) is 5.32 Å². The molecule has 0 aromatic rings. The second-order valence-electron chi connectivity index (χ2n) is 4.23. The number of carbonyl (C=O) groups is 1. The second kappa shape index (κ2) is 5.97. The van der Waals surface area contributed by atoms with Crippen LogP contribution in [0, 0.1) is 5.41 Å². The average molecular weight is 186 g/mol. The Bertz CT molecular complexity index is 155. The van der Waals surface area contributed by atoms with E-state index in [1.165, 1.54) is 0 Å². The van der Waals surface area contributed by atoms with Crippen LogP contribution in [0.3, 0.4) is 0 Å². The third-order valence-electron chi connectivity index (χ3n) is 2.06. The first-order valence-electron chi connectivity index (χ1n) is 4.98. The van der Waals surface area contributed by atoms with Crippen molar-refractivity contribution in [2.24, 2.45) is 11.1 Å². The van der Waals surface area contributed by atoms with Gasteiger partial charge in [0.15, 0.2) is 0 Å². The van der Waals surface area contributed by atoms with Crippen LogP contribution >= 0.6 is 0 Å². The van der Waals surface area contributed by atoms with Gasteiger partial charge in [0.05, 0.1) is 0 Å². The molecule has 3 heteroatoms. The molecule has 0 aliphatic heterocycles. The summed E-state index contributed by atoms with van der Waals surface area (Å²) < 4.78 is 0. The fourth-order valence-corrected chi connectivity index (χ4v) is 1.13. The van der Waals surface area contributed by atoms with Crippen LogP contribution in [0.1, 0.15) is 40.0 Å². The normalized spacial score (nSPS) is 11.4. The largest absolute Gasteiger partial charge is 0.356 e. The number of rotatable bonds is 6. The fourth-order valence-electron chi connectivity index (χ4n) is 1.13. The van der Waals surface area contributed by atoms with Crippen molar-refractivity contribution >= 4 is 5.91 Å². The first-order chi connectivity index (χ1) is 6.02. The van der Waals surface area contributed by atoms with E-state index in [0.717, 1.165) is 19.4 Å². The van der Waals surface area contributed by atoms with E-state index in [2.05, 4.69) is 19.2 Å². The molecule has 0 unspecified atom stereocenters. The number of carbonyl (C=O) groups excluding carboxylic acids is 1. The lowest BCUT2D eigenvalue weighted by molar-refractivity contribution is -0.121. The molecule has 3 nitrogen and oxygen atoms in total. The molecular formula is C10H22N2O. The molecule has 0 heterocycles. The van der Waals surface area contributed by atoms with Crippen LogP contribution in [0.15, 0.2) is 0 Å². The summed E-state index contributed by atoms with van der Waals surface area (Å²) in [5.74, 6) is 0.146. The smallest absolute Gasteiger partial charge is 0.220 e. The van der Waals surface area contributed by atoms with E-state index < -0.39 is 0 Å². The van der Waals surface area contributed by atoms with Crippen LogP contribution in [0.4, 0.5) is 0 Å². The first kappa shape index (κ1) is 12.4. The SMILES string of the molecule is CCCC(=O)NCC(C)(C)CCN. The average Bonchev–Trinajstić information content (AvgIpc) is 2.02. The lowest BCUT2D eigenvalue weighted by Crippen LogP contribution is -2.35. The van der Waals surface area contributed by atoms with Gasteiger partial charge in [0.2, 0.25) is 5.91 Å². The maximum absolute atomic E-state index is 11.2. The van der Waals surface area contributed by atoms with Gasteiger partial charge in [0.25, 0.3) is 0 Å². The summed E-state index contributed by atoms with van der Waals surface area (Å²) >= 11 is 0. The summed E-state index contributed by atoms with van der Waals surface area (Å²) in [6, 6.07) is 0. The maximum atomic E-state index is 11.2. The molecule has 0 saturated heterocycles. The van der Waals surface area contributed by atoms with Crippen LogP contribution in [0.5, 0.6) is 0 Å². The van der Waals surface area contributed by atoms with Gasteiger partial charge in [-0.1, -0.05) is 20.8 Å². The molecular weight excluding hydrogens is 164 g/mol. The van der Waals surface area contributed by atoms with Gasteiger partial charge in [-0.25, -0.2) is 0 Å². The van der Waals surface area contributed by atoms with Crippen LogP contribution in [0.2, 0.25) is 0 Å². The molecule has 0 aliphatic carbocycles. The second-order valence-corrected chi connectivity index (χ2v) is 4.23. The quantitative estimate of drug-likeness (QED) is 0.656. The van der Waals surface area contributed by atoms with Gasteiger partial charge in [-0.3, -0.25) is 4.79 Å². The minimum Gasteiger partial charge on any atom is -0.356 e. The van der Waals surface area contributed by atoms with Crippen molar-refractivity contribution in [2.75, 3.05) is 13.1 Å². The van der Waals surface area contributed by atoms with Gasteiger partial charge in [-0.15, -0.1) is 0 Å². The highest BCUT2D eigenvalue weighted by Gasteiger charge is 2.17. The predicted molar refractivity (Wildman–Crippen MR) is 55.4 cm³/mol. The zero-order chi connectivity index (χ0) is 10.3. The van der Waals surface area contributed by atoms with Crippen LogP contribution < -0.4 is 11.1 Å². The molecule has 13 heavy (non-hydrogen) atoms. The van der Waals surface area contributed by atoms with E-state index >= 15 is 0 Å². The standard InChI is InChI=1S/C10H22N2O/c1-4-5-9(13)12-8-10(2,3)6-7-11/h4-8,11H2,1-3H3,(H,12,13). The molecule has 0 atom stereocenters. The highest BCUT2D eigenvalue weighted by atomic mass is 16.1. The Morgan fingerprint density at radius 1 is 1.46 bits per heavy atom. The zero-order valence-corrected chi connectivity index (χ0v) is 9.02. The number of hydrogen-bond acceptors (Lipinski definition) is 2. The van der Waals surface area contributed by atoms with E-state index in [1.807, 2.05) is 6.92 Å². The lowest BCUT2D eigenvalue weighted by atomic mass is 9.89. The summed E-state index contributed by atoms with van der Waals surface area (Å²) in [5.41, 5.74) is 5.59. The Morgan fingerprint density at radius 2 is 2.08 bits per heavy atom. The van der Waals surface area contributed by atoms with Gasteiger partial charge in [0, 0.05) is 13.0 Å². The number of nitrogens with two attached hydrogens (primary N) is 1. The summed E-state index contributed by atoms with van der Waals surface area (Å²) in [6.07, 6.45) is 2.47. The molecule has 0 spiro atoms. The van der Waals surface area contributed by atoms with Gasteiger partial charge in [-0.05, 0) is 24.8 Å². The molecule has 0 aromatic heterocycles. The van der Waals surface area contributed by atoms with Gasteiger partial charge < -0.3 is 11.1 Å². The Labute approximate surface area is 81.1 Å². The zero-order valence-electron chi connectivity index (χ0n) is 9.02. The number of nitrogens with one attached hydrogen (secondary N) is 1. The molecule has 0 saturated carbocycles. The molecule has 0 rings (SSSR count).